The molecule has 4 nitrogen and oxygen atoms in total. The zero-order valence-corrected chi connectivity index (χ0v) is 11.2. The fourth-order valence-corrected chi connectivity index (χ4v) is 2.67. The number of ether oxygens (including phenoxy) is 2. The van der Waals surface area contributed by atoms with Gasteiger partial charge in [0.25, 0.3) is 0 Å². The Kier molecular flexibility index (Phi) is 3.22. The van der Waals surface area contributed by atoms with Gasteiger partial charge in [-0.3, -0.25) is 0 Å². The summed E-state index contributed by atoms with van der Waals surface area (Å²) < 4.78 is 11.4. The highest BCUT2D eigenvalue weighted by atomic mass is 35.5. The van der Waals surface area contributed by atoms with Gasteiger partial charge in [-0.15, -0.1) is 0 Å². The average molecular weight is 269 g/mol. The molecular formula is C13H17ClN2O2. The second-order valence-electron chi connectivity index (χ2n) is 4.71. The fourth-order valence-electron chi connectivity index (χ4n) is 2.40. The minimum absolute atomic E-state index is 0.591. The Bertz CT molecular complexity index is 445. The summed E-state index contributed by atoms with van der Waals surface area (Å²) in [6.07, 6.45) is 0. The molecule has 1 saturated heterocycles. The van der Waals surface area contributed by atoms with Crippen molar-refractivity contribution in [1.29, 1.82) is 0 Å². The molecule has 0 radical (unpaired) electrons. The van der Waals surface area contributed by atoms with Gasteiger partial charge in [0.2, 0.25) is 0 Å². The number of hydrogen-bond acceptors (Lipinski definition) is 4. The largest absolute Gasteiger partial charge is 0.486 e. The van der Waals surface area contributed by atoms with Gasteiger partial charge in [0.05, 0.1) is 5.02 Å². The molecule has 0 amide bonds. The molecule has 18 heavy (non-hydrogen) atoms. The lowest BCUT2D eigenvalue weighted by Crippen LogP contribution is -2.44. The summed E-state index contributed by atoms with van der Waals surface area (Å²) in [7, 11) is 2.14. The summed E-state index contributed by atoms with van der Waals surface area (Å²) in [6, 6.07) is 3.78. The van der Waals surface area contributed by atoms with Crippen molar-refractivity contribution in [3.8, 4) is 11.5 Å². The first-order valence-electron chi connectivity index (χ1n) is 6.27. The smallest absolute Gasteiger partial charge is 0.186 e. The van der Waals surface area contributed by atoms with Gasteiger partial charge in [-0.2, -0.15) is 0 Å². The molecule has 1 aromatic carbocycles. The summed E-state index contributed by atoms with van der Waals surface area (Å²) in [6.45, 7) is 5.22. The van der Waals surface area contributed by atoms with E-state index in [1.165, 1.54) is 0 Å². The minimum Gasteiger partial charge on any atom is -0.486 e. The van der Waals surface area contributed by atoms with Crippen molar-refractivity contribution in [2.75, 3.05) is 51.3 Å². The summed E-state index contributed by atoms with van der Waals surface area (Å²) in [5, 5.41) is 0.740. The third-order valence-electron chi connectivity index (χ3n) is 3.45. The molecule has 3 rings (SSSR count). The van der Waals surface area contributed by atoms with E-state index in [1.807, 2.05) is 12.1 Å². The van der Waals surface area contributed by atoms with Crippen LogP contribution in [-0.2, 0) is 0 Å². The van der Waals surface area contributed by atoms with Crippen molar-refractivity contribution < 1.29 is 9.47 Å². The van der Waals surface area contributed by atoms with Crippen LogP contribution in [0.3, 0.4) is 0 Å². The summed E-state index contributed by atoms with van der Waals surface area (Å²) >= 11 is 6.34. The lowest BCUT2D eigenvalue weighted by molar-refractivity contribution is 0.171. The van der Waals surface area contributed by atoms with E-state index in [2.05, 4.69) is 16.8 Å². The highest BCUT2D eigenvalue weighted by molar-refractivity contribution is 6.33. The molecule has 0 aromatic heterocycles. The predicted molar refractivity (Wildman–Crippen MR) is 72.2 cm³/mol. The molecule has 0 bridgehead atoms. The first kappa shape index (κ1) is 11.9. The zero-order valence-electron chi connectivity index (χ0n) is 10.5. The molecule has 2 aliphatic rings. The van der Waals surface area contributed by atoms with Crippen LogP contribution in [0.25, 0.3) is 0 Å². The van der Waals surface area contributed by atoms with Crippen LogP contribution < -0.4 is 14.4 Å². The zero-order chi connectivity index (χ0) is 12.5. The van der Waals surface area contributed by atoms with Crippen LogP contribution in [0.2, 0.25) is 5.02 Å². The molecule has 98 valence electrons. The van der Waals surface area contributed by atoms with Crippen molar-refractivity contribution in [2.24, 2.45) is 0 Å². The van der Waals surface area contributed by atoms with Crippen LogP contribution in [0.15, 0.2) is 12.1 Å². The Labute approximate surface area is 112 Å². The van der Waals surface area contributed by atoms with Crippen LogP contribution in [0, 0.1) is 0 Å². The molecule has 5 heteroatoms. The molecule has 0 saturated carbocycles. The van der Waals surface area contributed by atoms with E-state index < -0.39 is 0 Å². The van der Waals surface area contributed by atoms with Crippen molar-refractivity contribution in [3.63, 3.8) is 0 Å². The molecule has 0 atom stereocenters. The quantitative estimate of drug-likeness (QED) is 0.776. The Balaban J connectivity index is 1.95. The monoisotopic (exact) mass is 268 g/mol. The lowest BCUT2D eigenvalue weighted by Gasteiger charge is -2.36. The third-order valence-corrected chi connectivity index (χ3v) is 3.76. The Morgan fingerprint density at radius 1 is 1.06 bits per heavy atom. The SMILES string of the molecule is CN1CCN(c2c(Cl)ccc3c2OCCO3)CC1. The summed E-state index contributed by atoms with van der Waals surface area (Å²) in [5.41, 5.74) is 0.988. The maximum Gasteiger partial charge on any atom is 0.186 e. The van der Waals surface area contributed by atoms with E-state index in [1.54, 1.807) is 0 Å². The van der Waals surface area contributed by atoms with E-state index in [9.17, 15) is 0 Å². The minimum atomic E-state index is 0.591. The number of benzene rings is 1. The third kappa shape index (κ3) is 2.10. The molecule has 0 N–H and O–H groups in total. The summed E-state index contributed by atoms with van der Waals surface area (Å²) in [5.74, 6) is 1.61. The fraction of sp³-hybridized carbons (Fsp3) is 0.538. The maximum absolute atomic E-state index is 6.34. The number of rotatable bonds is 1. The van der Waals surface area contributed by atoms with Gasteiger partial charge in [0.15, 0.2) is 11.5 Å². The van der Waals surface area contributed by atoms with Crippen LogP contribution in [0.4, 0.5) is 5.69 Å². The standard InChI is InChI=1S/C13H17ClN2O2/c1-15-4-6-16(7-5-15)12-10(14)2-3-11-13(12)18-9-8-17-11/h2-3H,4-9H2,1H3. The topological polar surface area (TPSA) is 24.9 Å². The van der Waals surface area contributed by atoms with Crippen LogP contribution in [0.5, 0.6) is 11.5 Å². The van der Waals surface area contributed by atoms with Crippen LogP contribution >= 0.6 is 11.6 Å². The predicted octanol–water partition coefficient (Wildman–Crippen LogP) is 1.86. The number of likely N-dealkylation sites (N-methyl/N-ethyl adjacent to an activating group) is 1. The van der Waals surface area contributed by atoms with Crippen molar-refractivity contribution in [2.45, 2.75) is 0 Å². The molecule has 1 fully saturated rings. The maximum atomic E-state index is 6.34. The van der Waals surface area contributed by atoms with Crippen molar-refractivity contribution in [3.05, 3.63) is 17.2 Å². The first-order valence-corrected chi connectivity index (χ1v) is 6.65. The van der Waals surface area contributed by atoms with E-state index in [4.69, 9.17) is 21.1 Å². The van der Waals surface area contributed by atoms with Crippen molar-refractivity contribution in [1.82, 2.24) is 4.90 Å². The molecule has 1 aromatic rings. The van der Waals surface area contributed by atoms with E-state index in [-0.39, 0.29) is 0 Å². The first-order chi connectivity index (χ1) is 8.75. The Morgan fingerprint density at radius 3 is 2.56 bits per heavy atom. The molecule has 2 aliphatic heterocycles. The Morgan fingerprint density at radius 2 is 1.78 bits per heavy atom. The van der Waals surface area contributed by atoms with E-state index in [0.29, 0.717) is 13.2 Å². The number of piperazine rings is 1. The number of nitrogens with zero attached hydrogens (tertiary/aromatic N) is 2. The van der Waals surface area contributed by atoms with Gasteiger partial charge in [0.1, 0.15) is 18.9 Å². The highest BCUT2D eigenvalue weighted by Gasteiger charge is 2.25. The van der Waals surface area contributed by atoms with Gasteiger partial charge >= 0.3 is 0 Å². The molecular weight excluding hydrogens is 252 g/mol. The van der Waals surface area contributed by atoms with E-state index in [0.717, 1.165) is 48.4 Å². The lowest BCUT2D eigenvalue weighted by atomic mass is 10.2. The number of hydrogen-bond donors (Lipinski definition) is 0. The van der Waals surface area contributed by atoms with Crippen molar-refractivity contribution >= 4 is 17.3 Å². The highest BCUT2D eigenvalue weighted by Crippen LogP contribution is 2.44. The molecule has 0 spiro atoms. The summed E-state index contributed by atoms with van der Waals surface area (Å²) in [4.78, 5) is 4.60. The van der Waals surface area contributed by atoms with Crippen LogP contribution in [-0.4, -0.2) is 51.3 Å². The van der Waals surface area contributed by atoms with Gasteiger partial charge in [-0.1, -0.05) is 11.6 Å². The Hall–Kier alpha value is -1.13. The van der Waals surface area contributed by atoms with Crippen LogP contribution in [0.1, 0.15) is 0 Å². The molecule has 0 aliphatic carbocycles. The number of anilines is 1. The number of fused-ring (bicyclic) bond motifs is 1. The second kappa shape index (κ2) is 4.86. The van der Waals surface area contributed by atoms with Gasteiger partial charge in [0, 0.05) is 26.2 Å². The van der Waals surface area contributed by atoms with E-state index >= 15 is 0 Å². The normalized spacial score (nSPS) is 20.0. The second-order valence-corrected chi connectivity index (χ2v) is 5.12. The molecule has 0 unspecified atom stereocenters. The number of halogens is 1. The average Bonchev–Trinajstić information content (AvgIpc) is 2.40. The van der Waals surface area contributed by atoms with Gasteiger partial charge in [-0.25, -0.2) is 0 Å². The van der Waals surface area contributed by atoms with Gasteiger partial charge in [-0.05, 0) is 19.2 Å². The molecule has 2 heterocycles. The van der Waals surface area contributed by atoms with Gasteiger partial charge < -0.3 is 19.3 Å².